The predicted molar refractivity (Wildman–Crippen MR) is 78.3 cm³/mol. The van der Waals surface area contributed by atoms with Crippen molar-refractivity contribution in [3.05, 3.63) is 29.8 Å². The van der Waals surface area contributed by atoms with Gasteiger partial charge in [0.05, 0.1) is 12.4 Å². The van der Waals surface area contributed by atoms with Gasteiger partial charge in [0.15, 0.2) is 0 Å². The number of carbonyl (C=O) groups excluding carboxylic acids is 1. The molecule has 6 heteroatoms. The van der Waals surface area contributed by atoms with Gasteiger partial charge in [0.1, 0.15) is 6.04 Å². The minimum absolute atomic E-state index is 0.163. The SMILES string of the molecule is COCCSCC(=O)N1c2ccccc2CC1C(=O)O. The number of hydrogen-bond acceptors (Lipinski definition) is 4. The summed E-state index contributed by atoms with van der Waals surface area (Å²) in [5.41, 5.74) is 1.63. The van der Waals surface area contributed by atoms with E-state index < -0.39 is 12.0 Å². The van der Waals surface area contributed by atoms with E-state index in [4.69, 9.17) is 4.74 Å². The number of ether oxygens (including phenoxy) is 1. The molecule has 0 aromatic heterocycles. The van der Waals surface area contributed by atoms with Gasteiger partial charge in [0.2, 0.25) is 5.91 Å². The zero-order valence-electron chi connectivity index (χ0n) is 11.2. The summed E-state index contributed by atoms with van der Waals surface area (Å²) in [4.78, 5) is 25.0. The Morgan fingerprint density at radius 2 is 2.20 bits per heavy atom. The Labute approximate surface area is 121 Å². The number of anilines is 1. The molecule has 0 saturated carbocycles. The molecule has 1 aromatic carbocycles. The minimum Gasteiger partial charge on any atom is -0.480 e. The van der Waals surface area contributed by atoms with Crippen LogP contribution in [0, 0.1) is 0 Å². The number of rotatable bonds is 6. The summed E-state index contributed by atoms with van der Waals surface area (Å²) in [6.45, 7) is 0.580. The highest BCUT2D eigenvalue weighted by Gasteiger charge is 2.37. The Hall–Kier alpha value is -1.53. The predicted octanol–water partition coefficient (Wildman–Crippen LogP) is 1.41. The van der Waals surface area contributed by atoms with Crippen molar-refractivity contribution in [1.29, 1.82) is 0 Å². The van der Waals surface area contributed by atoms with Crippen molar-refractivity contribution in [3.63, 3.8) is 0 Å². The van der Waals surface area contributed by atoms with Gasteiger partial charge in [-0.05, 0) is 11.6 Å². The van der Waals surface area contributed by atoms with E-state index in [1.807, 2.05) is 18.2 Å². The smallest absolute Gasteiger partial charge is 0.327 e. The lowest BCUT2D eigenvalue weighted by molar-refractivity contribution is -0.139. The number of nitrogens with zero attached hydrogens (tertiary/aromatic N) is 1. The number of benzene rings is 1. The van der Waals surface area contributed by atoms with Crippen LogP contribution in [0.4, 0.5) is 5.69 Å². The number of hydrogen-bond donors (Lipinski definition) is 1. The van der Waals surface area contributed by atoms with E-state index in [1.165, 1.54) is 16.7 Å². The quantitative estimate of drug-likeness (QED) is 0.804. The van der Waals surface area contributed by atoms with Crippen LogP contribution >= 0.6 is 11.8 Å². The molecule has 1 aromatic rings. The molecule has 1 N–H and O–H groups in total. The van der Waals surface area contributed by atoms with Crippen LogP contribution in [0.5, 0.6) is 0 Å². The standard InChI is InChI=1S/C14H17NO4S/c1-19-6-7-20-9-13(16)15-11-5-3-2-4-10(11)8-12(15)14(17)18/h2-5,12H,6-9H2,1H3,(H,17,18). The molecule has 1 aliphatic heterocycles. The average Bonchev–Trinajstić information content (AvgIpc) is 2.83. The van der Waals surface area contributed by atoms with Crippen molar-refractivity contribution in [3.8, 4) is 0 Å². The first-order valence-corrected chi connectivity index (χ1v) is 7.50. The number of carbonyl (C=O) groups is 2. The molecule has 5 nitrogen and oxygen atoms in total. The zero-order valence-corrected chi connectivity index (χ0v) is 12.1. The van der Waals surface area contributed by atoms with E-state index >= 15 is 0 Å². The van der Waals surface area contributed by atoms with Gasteiger partial charge in [-0.1, -0.05) is 18.2 Å². The maximum atomic E-state index is 12.3. The van der Waals surface area contributed by atoms with Crippen molar-refractivity contribution in [1.82, 2.24) is 0 Å². The Balaban J connectivity index is 2.10. The zero-order chi connectivity index (χ0) is 14.5. The fraction of sp³-hybridized carbons (Fsp3) is 0.429. The minimum atomic E-state index is -0.962. The maximum Gasteiger partial charge on any atom is 0.327 e. The Morgan fingerprint density at radius 1 is 1.45 bits per heavy atom. The summed E-state index contributed by atoms with van der Waals surface area (Å²) in [6, 6.07) is 6.57. The molecule has 0 spiro atoms. The van der Waals surface area contributed by atoms with E-state index in [9.17, 15) is 14.7 Å². The number of fused-ring (bicyclic) bond motifs is 1. The van der Waals surface area contributed by atoms with Crippen LogP contribution in [0.2, 0.25) is 0 Å². The number of thioether (sulfide) groups is 1. The van der Waals surface area contributed by atoms with Gasteiger partial charge in [0, 0.05) is 25.0 Å². The first-order chi connectivity index (χ1) is 9.65. The summed E-state index contributed by atoms with van der Waals surface area (Å²) in [5.74, 6) is -0.142. The van der Waals surface area contributed by atoms with Crippen LogP contribution < -0.4 is 4.90 Å². The van der Waals surface area contributed by atoms with Gasteiger partial charge < -0.3 is 9.84 Å². The summed E-state index contributed by atoms with van der Waals surface area (Å²) in [7, 11) is 1.61. The molecule has 1 heterocycles. The fourth-order valence-corrected chi connectivity index (χ4v) is 3.01. The topological polar surface area (TPSA) is 66.8 Å². The highest BCUT2D eigenvalue weighted by Crippen LogP contribution is 2.32. The van der Waals surface area contributed by atoms with Crippen molar-refractivity contribution in [2.45, 2.75) is 12.5 Å². The van der Waals surface area contributed by atoms with Gasteiger partial charge in [0.25, 0.3) is 0 Å². The van der Waals surface area contributed by atoms with Gasteiger partial charge in [-0.25, -0.2) is 4.79 Å². The third-order valence-corrected chi connectivity index (χ3v) is 4.09. The van der Waals surface area contributed by atoms with Crippen LogP contribution in [0.3, 0.4) is 0 Å². The Morgan fingerprint density at radius 3 is 2.90 bits per heavy atom. The molecule has 0 bridgehead atoms. The third kappa shape index (κ3) is 3.13. The molecule has 108 valence electrons. The number of methoxy groups -OCH3 is 1. The molecule has 1 unspecified atom stereocenters. The maximum absolute atomic E-state index is 12.3. The first kappa shape index (κ1) is 14.9. The molecular weight excluding hydrogens is 278 g/mol. The van der Waals surface area contributed by atoms with Crippen molar-refractivity contribution in [2.75, 3.05) is 30.1 Å². The van der Waals surface area contributed by atoms with Gasteiger partial charge in [-0.2, -0.15) is 0 Å². The largest absolute Gasteiger partial charge is 0.480 e. The summed E-state index contributed by atoms with van der Waals surface area (Å²) < 4.78 is 4.92. The molecule has 0 aliphatic carbocycles. The first-order valence-electron chi connectivity index (χ1n) is 6.34. The molecule has 1 amide bonds. The highest BCUT2D eigenvalue weighted by molar-refractivity contribution is 7.99. The molecule has 1 aliphatic rings. The van der Waals surface area contributed by atoms with Crippen molar-refractivity contribution >= 4 is 29.3 Å². The fourth-order valence-electron chi connectivity index (χ4n) is 2.26. The molecule has 0 saturated heterocycles. The van der Waals surface area contributed by atoms with Gasteiger partial charge in [-0.15, -0.1) is 11.8 Å². The molecule has 0 radical (unpaired) electrons. The lowest BCUT2D eigenvalue weighted by Crippen LogP contribution is -2.43. The second kappa shape index (κ2) is 6.76. The second-order valence-electron chi connectivity index (χ2n) is 4.50. The van der Waals surface area contributed by atoms with Crippen molar-refractivity contribution < 1.29 is 19.4 Å². The van der Waals surface area contributed by atoms with Crippen LogP contribution in [0.15, 0.2) is 24.3 Å². The third-order valence-electron chi connectivity index (χ3n) is 3.19. The van der Waals surface area contributed by atoms with E-state index in [1.54, 1.807) is 13.2 Å². The van der Waals surface area contributed by atoms with Crippen molar-refractivity contribution in [2.24, 2.45) is 0 Å². The number of carboxylic acids is 1. The van der Waals surface area contributed by atoms with Crippen LogP contribution in [-0.4, -0.2) is 48.2 Å². The summed E-state index contributed by atoms with van der Waals surface area (Å²) >= 11 is 1.45. The Bertz CT molecular complexity index is 506. The van der Waals surface area contributed by atoms with Crippen LogP contribution in [-0.2, 0) is 20.7 Å². The van der Waals surface area contributed by atoms with E-state index in [2.05, 4.69) is 0 Å². The molecule has 20 heavy (non-hydrogen) atoms. The number of amides is 1. The summed E-state index contributed by atoms with van der Waals surface area (Å²) in [6.07, 6.45) is 0.375. The van der Waals surface area contributed by atoms with Crippen LogP contribution in [0.25, 0.3) is 0 Å². The summed E-state index contributed by atoms with van der Waals surface area (Å²) in [5, 5.41) is 9.29. The highest BCUT2D eigenvalue weighted by atomic mass is 32.2. The number of aliphatic carboxylic acids is 1. The molecular formula is C14H17NO4S. The van der Waals surface area contributed by atoms with E-state index in [-0.39, 0.29) is 11.7 Å². The number of carboxylic acid groups (broad SMARTS) is 1. The molecule has 1 atom stereocenters. The normalized spacial score (nSPS) is 17.1. The lowest BCUT2D eigenvalue weighted by atomic mass is 10.1. The lowest BCUT2D eigenvalue weighted by Gasteiger charge is -2.22. The number of para-hydroxylation sites is 1. The van der Waals surface area contributed by atoms with Crippen LogP contribution in [0.1, 0.15) is 5.56 Å². The average molecular weight is 295 g/mol. The molecule has 2 rings (SSSR count). The molecule has 0 fully saturated rings. The second-order valence-corrected chi connectivity index (χ2v) is 5.60. The van der Waals surface area contributed by atoms with E-state index in [0.29, 0.717) is 13.0 Å². The van der Waals surface area contributed by atoms with Gasteiger partial charge >= 0.3 is 5.97 Å². The monoisotopic (exact) mass is 295 g/mol. The van der Waals surface area contributed by atoms with Gasteiger partial charge in [-0.3, -0.25) is 9.69 Å². The Kier molecular flexibility index (Phi) is 5.03. The van der Waals surface area contributed by atoms with E-state index in [0.717, 1.165) is 17.0 Å².